The van der Waals surface area contributed by atoms with Gasteiger partial charge in [-0.1, -0.05) is 0 Å². The fourth-order valence-electron chi connectivity index (χ4n) is 1.39. The Bertz CT molecular complexity index is 282. The van der Waals surface area contributed by atoms with Gasteiger partial charge in [0.25, 0.3) is 0 Å². The van der Waals surface area contributed by atoms with Crippen LogP contribution in [0.15, 0.2) is 18.3 Å². The number of aromatic amines is 1. The lowest BCUT2D eigenvalue weighted by atomic mass is 10.0. The van der Waals surface area contributed by atoms with Crippen molar-refractivity contribution in [2.75, 3.05) is 20.0 Å². The first-order valence-corrected chi connectivity index (χ1v) is 5.10. The Labute approximate surface area is 89.1 Å². The molecule has 1 aromatic rings. The van der Waals surface area contributed by atoms with Crippen molar-refractivity contribution in [1.29, 1.82) is 0 Å². The van der Waals surface area contributed by atoms with Gasteiger partial charge in [-0.05, 0) is 18.6 Å². The Morgan fingerprint density at radius 3 is 2.79 bits per heavy atom. The van der Waals surface area contributed by atoms with Gasteiger partial charge >= 0.3 is 0 Å². The summed E-state index contributed by atoms with van der Waals surface area (Å²) in [6.07, 6.45) is 2.48. The minimum atomic E-state index is -0.141. The third kappa shape index (κ3) is 2.51. The molecule has 3 nitrogen and oxygen atoms in total. The summed E-state index contributed by atoms with van der Waals surface area (Å²) in [5.41, 5.74) is 0.935. The summed E-state index contributed by atoms with van der Waals surface area (Å²) in [6, 6.07) is 3.80. The van der Waals surface area contributed by atoms with Gasteiger partial charge < -0.3 is 9.88 Å². The summed E-state index contributed by atoms with van der Waals surface area (Å²) in [5, 5.41) is 0. The van der Waals surface area contributed by atoms with E-state index in [9.17, 15) is 4.79 Å². The van der Waals surface area contributed by atoms with E-state index in [-0.39, 0.29) is 11.8 Å². The second-order valence-corrected chi connectivity index (χ2v) is 3.77. The van der Waals surface area contributed by atoms with Gasteiger partial charge in [0.05, 0.1) is 5.92 Å². The molecule has 0 fully saturated rings. The van der Waals surface area contributed by atoms with Crippen LogP contribution in [0.3, 0.4) is 0 Å². The summed E-state index contributed by atoms with van der Waals surface area (Å²) in [4.78, 5) is 16.4. The van der Waals surface area contributed by atoms with Crippen LogP contribution < -0.4 is 0 Å². The molecule has 0 radical (unpaired) electrons. The van der Waals surface area contributed by atoms with Gasteiger partial charge in [0, 0.05) is 31.9 Å². The van der Waals surface area contributed by atoms with E-state index in [1.165, 1.54) is 0 Å². The normalized spacial score (nSPS) is 12.5. The second-order valence-electron chi connectivity index (χ2n) is 3.39. The van der Waals surface area contributed by atoms with Crippen LogP contribution in [0.1, 0.15) is 18.0 Å². The van der Waals surface area contributed by atoms with E-state index in [1.54, 1.807) is 19.0 Å². The molecule has 0 spiro atoms. The van der Waals surface area contributed by atoms with Gasteiger partial charge in [0.1, 0.15) is 0 Å². The SMILES string of the molecule is CN(C)C(=O)C(CCCl)c1ccc[nH]1. The van der Waals surface area contributed by atoms with Crippen molar-refractivity contribution in [2.45, 2.75) is 12.3 Å². The maximum Gasteiger partial charge on any atom is 0.231 e. The van der Waals surface area contributed by atoms with Crippen molar-refractivity contribution < 1.29 is 4.79 Å². The number of alkyl halides is 1. The quantitative estimate of drug-likeness (QED) is 0.763. The predicted molar refractivity (Wildman–Crippen MR) is 57.6 cm³/mol. The van der Waals surface area contributed by atoms with Crippen molar-refractivity contribution in [3.63, 3.8) is 0 Å². The Morgan fingerprint density at radius 2 is 2.36 bits per heavy atom. The second kappa shape index (κ2) is 5.05. The first-order chi connectivity index (χ1) is 6.66. The number of carbonyl (C=O) groups is 1. The Kier molecular flexibility index (Phi) is 4.01. The highest BCUT2D eigenvalue weighted by molar-refractivity contribution is 6.18. The van der Waals surface area contributed by atoms with Crippen LogP contribution >= 0.6 is 11.6 Å². The molecule has 1 amide bonds. The van der Waals surface area contributed by atoms with E-state index >= 15 is 0 Å². The number of likely N-dealkylation sites (N-methyl/N-ethyl adjacent to an activating group) is 1. The standard InChI is InChI=1S/C10H15ClN2O/c1-13(2)10(14)8(5-6-11)9-4-3-7-12-9/h3-4,7-8,12H,5-6H2,1-2H3. The van der Waals surface area contributed by atoms with E-state index in [2.05, 4.69) is 4.98 Å². The zero-order valence-electron chi connectivity index (χ0n) is 8.46. The molecular formula is C10H15ClN2O. The third-order valence-electron chi connectivity index (χ3n) is 2.13. The average molecular weight is 215 g/mol. The minimum Gasteiger partial charge on any atom is -0.364 e. The lowest BCUT2D eigenvalue weighted by molar-refractivity contribution is -0.130. The van der Waals surface area contributed by atoms with Crippen LogP contribution in [0.5, 0.6) is 0 Å². The van der Waals surface area contributed by atoms with Gasteiger partial charge in [-0.25, -0.2) is 0 Å². The molecule has 0 aromatic carbocycles. The third-order valence-corrected chi connectivity index (χ3v) is 2.35. The van der Waals surface area contributed by atoms with Gasteiger partial charge in [0.15, 0.2) is 0 Å². The zero-order chi connectivity index (χ0) is 10.6. The Hall–Kier alpha value is -0.960. The predicted octanol–water partition coefficient (Wildman–Crippen LogP) is 1.82. The summed E-state index contributed by atoms with van der Waals surface area (Å²) < 4.78 is 0. The largest absolute Gasteiger partial charge is 0.364 e. The molecule has 0 saturated carbocycles. The van der Waals surface area contributed by atoms with Crippen molar-refractivity contribution in [3.05, 3.63) is 24.0 Å². The molecule has 1 unspecified atom stereocenters. The molecule has 0 saturated heterocycles. The monoisotopic (exact) mass is 214 g/mol. The van der Waals surface area contributed by atoms with Crippen LogP contribution in [0.4, 0.5) is 0 Å². The molecule has 0 bridgehead atoms. The number of halogens is 1. The highest BCUT2D eigenvalue weighted by atomic mass is 35.5. The van der Waals surface area contributed by atoms with Crippen molar-refractivity contribution in [2.24, 2.45) is 0 Å². The highest BCUT2D eigenvalue weighted by Crippen LogP contribution is 2.20. The number of aromatic nitrogens is 1. The molecule has 1 rings (SSSR count). The number of rotatable bonds is 4. The van der Waals surface area contributed by atoms with Crippen LogP contribution in [0.2, 0.25) is 0 Å². The van der Waals surface area contributed by atoms with E-state index < -0.39 is 0 Å². The molecule has 4 heteroatoms. The van der Waals surface area contributed by atoms with Crippen molar-refractivity contribution in [1.82, 2.24) is 9.88 Å². The minimum absolute atomic E-state index is 0.0908. The maximum absolute atomic E-state index is 11.8. The molecule has 14 heavy (non-hydrogen) atoms. The topological polar surface area (TPSA) is 36.1 Å². The number of H-pyrrole nitrogens is 1. The fourth-order valence-corrected chi connectivity index (χ4v) is 1.61. The first-order valence-electron chi connectivity index (χ1n) is 4.57. The lowest BCUT2D eigenvalue weighted by Crippen LogP contribution is -2.28. The van der Waals surface area contributed by atoms with Gasteiger partial charge in [-0.3, -0.25) is 4.79 Å². The molecule has 1 aromatic heterocycles. The summed E-state index contributed by atoms with van der Waals surface area (Å²) in [7, 11) is 3.51. The summed E-state index contributed by atoms with van der Waals surface area (Å²) in [6.45, 7) is 0. The Balaban J connectivity index is 2.79. The van der Waals surface area contributed by atoms with E-state index in [4.69, 9.17) is 11.6 Å². The van der Waals surface area contributed by atoms with Crippen LogP contribution in [0.25, 0.3) is 0 Å². The molecule has 78 valence electrons. The molecular weight excluding hydrogens is 200 g/mol. The number of amides is 1. The number of nitrogens with zero attached hydrogens (tertiary/aromatic N) is 1. The number of hydrogen-bond donors (Lipinski definition) is 1. The molecule has 0 aliphatic heterocycles. The van der Waals surface area contributed by atoms with Crippen LogP contribution in [-0.4, -0.2) is 35.8 Å². The number of hydrogen-bond acceptors (Lipinski definition) is 1. The van der Waals surface area contributed by atoms with Crippen molar-refractivity contribution in [3.8, 4) is 0 Å². The summed E-state index contributed by atoms with van der Waals surface area (Å²) >= 11 is 5.68. The molecule has 1 atom stereocenters. The zero-order valence-corrected chi connectivity index (χ0v) is 9.21. The molecule has 1 heterocycles. The van der Waals surface area contributed by atoms with E-state index in [0.29, 0.717) is 12.3 Å². The summed E-state index contributed by atoms with van der Waals surface area (Å²) in [5.74, 6) is 0.439. The lowest BCUT2D eigenvalue weighted by Gasteiger charge is -2.18. The van der Waals surface area contributed by atoms with Crippen LogP contribution in [-0.2, 0) is 4.79 Å². The highest BCUT2D eigenvalue weighted by Gasteiger charge is 2.21. The smallest absolute Gasteiger partial charge is 0.231 e. The van der Waals surface area contributed by atoms with Gasteiger partial charge in [0.2, 0.25) is 5.91 Å². The number of carbonyl (C=O) groups excluding carboxylic acids is 1. The maximum atomic E-state index is 11.8. The van der Waals surface area contributed by atoms with Gasteiger partial charge in [-0.2, -0.15) is 0 Å². The molecule has 1 N–H and O–H groups in total. The molecule has 0 aliphatic carbocycles. The fraction of sp³-hybridized carbons (Fsp3) is 0.500. The number of nitrogens with one attached hydrogen (secondary N) is 1. The average Bonchev–Trinajstić information content (AvgIpc) is 2.65. The molecule has 0 aliphatic rings. The van der Waals surface area contributed by atoms with E-state index in [1.807, 2.05) is 18.3 Å². The van der Waals surface area contributed by atoms with E-state index in [0.717, 1.165) is 5.69 Å². The van der Waals surface area contributed by atoms with Crippen molar-refractivity contribution >= 4 is 17.5 Å². The van der Waals surface area contributed by atoms with Gasteiger partial charge in [-0.15, -0.1) is 11.6 Å². The first kappa shape index (κ1) is 11.1. The van der Waals surface area contributed by atoms with Crippen LogP contribution in [0, 0.1) is 0 Å². The Morgan fingerprint density at radius 1 is 1.64 bits per heavy atom.